The standard InChI is InChI=1S/C24H27N3O3/c28-22-10-9-20(16-27(22)17-21-8-4-5-13-25-21)24(30)26-14-11-19(12-15-26)23(29)18-6-2-1-3-7-18/h1-8,13,19-20H,9-12,14-17H2. The molecule has 1 aromatic carbocycles. The average molecular weight is 405 g/mol. The summed E-state index contributed by atoms with van der Waals surface area (Å²) in [5.41, 5.74) is 1.58. The van der Waals surface area contributed by atoms with Crippen LogP contribution in [0, 0.1) is 11.8 Å². The number of carbonyl (C=O) groups is 3. The van der Waals surface area contributed by atoms with E-state index < -0.39 is 0 Å². The molecule has 156 valence electrons. The predicted octanol–water partition coefficient (Wildman–Crippen LogP) is 2.94. The van der Waals surface area contributed by atoms with Crippen LogP contribution < -0.4 is 0 Å². The third-order valence-electron chi connectivity index (χ3n) is 6.16. The number of rotatable bonds is 5. The second-order valence-corrected chi connectivity index (χ2v) is 8.16. The van der Waals surface area contributed by atoms with E-state index in [0.29, 0.717) is 51.9 Å². The molecule has 0 aliphatic carbocycles. The van der Waals surface area contributed by atoms with Crippen molar-refractivity contribution in [1.29, 1.82) is 0 Å². The van der Waals surface area contributed by atoms with Crippen molar-refractivity contribution in [2.75, 3.05) is 19.6 Å². The van der Waals surface area contributed by atoms with Gasteiger partial charge in [-0.1, -0.05) is 36.4 Å². The van der Waals surface area contributed by atoms with Crippen molar-refractivity contribution < 1.29 is 14.4 Å². The van der Waals surface area contributed by atoms with Gasteiger partial charge in [-0.3, -0.25) is 19.4 Å². The molecule has 6 nitrogen and oxygen atoms in total. The van der Waals surface area contributed by atoms with Crippen LogP contribution in [0.5, 0.6) is 0 Å². The van der Waals surface area contributed by atoms with Crippen molar-refractivity contribution in [2.45, 2.75) is 32.2 Å². The summed E-state index contributed by atoms with van der Waals surface area (Å²) in [6.07, 6.45) is 4.10. The van der Waals surface area contributed by atoms with Gasteiger partial charge in [-0.25, -0.2) is 0 Å². The summed E-state index contributed by atoms with van der Waals surface area (Å²) in [5.74, 6) is 0.168. The lowest BCUT2D eigenvalue weighted by Crippen LogP contribution is -2.49. The third kappa shape index (κ3) is 4.58. The number of piperidine rings is 2. The molecule has 0 spiro atoms. The summed E-state index contributed by atoms with van der Waals surface area (Å²) in [6.45, 7) is 2.09. The van der Waals surface area contributed by atoms with Gasteiger partial charge in [0, 0.05) is 43.7 Å². The molecular weight excluding hydrogens is 378 g/mol. The smallest absolute Gasteiger partial charge is 0.227 e. The zero-order valence-corrected chi connectivity index (χ0v) is 17.1. The maximum atomic E-state index is 13.1. The predicted molar refractivity (Wildman–Crippen MR) is 112 cm³/mol. The topological polar surface area (TPSA) is 70.6 Å². The highest BCUT2D eigenvalue weighted by Crippen LogP contribution is 2.26. The van der Waals surface area contributed by atoms with Crippen molar-refractivity contribution in [3.8, 4) is 0 Å². The molecule has 0 N–H and O–H groups in total. The summed E-state index contributed by atoms with van der Waals surface area (Å²) < 4.78 is 0. The molecule has 2 amide bonds. The van der Waals surface area contributed by atoms with Crippen LogP contribution in [0.4, 0.5) is 0 Å². The Hall–Kier alpha value is -3.02. The fourth-order valence-corrected chi connectivity index (χ4v) is 4.41. The molecule has 1 atom stereocenters. The number of aromatic nitrogens is 1. The molecule has 1 aromatic heterocycles. The van der Waals surface area contributed by atoms with E-state index in [2.05, 4.69) is 4.98 Å². The highest BCUT2D eigenvalue weighted by atomic mass is 16.2. The Bertz CT molecular complexity index is 892. The van der Waals surface area contributed by atoms with Gasteiger partial charge in [-0.15, -0.1) is 0 Å². The van der Waals surface area contributed by atoms with E-state index >= 15 is 0 Å². The largest absolute Gasteiger partial charge is 0.342 e. The number of pyridine rings is 1. The lowest BCUT2D eigenvalue weighted by molar-refractivity contribution is -0.144. The molecule has 0 bridgehead atoms. The van der Waals surface area contributed by atoms with Crippen LogP contribution in [0.25, 0.3) is 0 Å². The fraction of sp³-hybridized carbons (Fsp3) is 0.417. The first-order valence-electron chi connectivity index (χ1n) is 10.7. The van der Waals surface area contributed by atoms with E-state index in [-0.39, 0.29) is 29.4 Å². The summed E-state index contributed by atoms with van der Waals surface area (Å²) >= 11 is 0. The maximum Gasteiger partial charge on any atom is 0.227 e. The van der Waals surface area contributed by atoms with Crippen molar-refractivity contribution in [3.05, 3.63) is 66.0 Å². The Balaban J connectivity index is 1.32. The van der Waals surface area contributed by atoms with Crippen molar-refractivity contribution in [1.82, 2.24) is 14.8 Å². The van der Waals surface area contributed by atoms with Gasteiger partial charge in [0.05, 0.1) is 18.2 Å². The lowest BCUT2D eigenvalue weighted by Gasteiger charge is -2.37. The van der Waals surface area contributed by atoms with E-state index in [1.165, 1.54) is 0 Å². The van der Waals surface area contributed by atoms with Gasteiger partial charge in [0.2, 0.25) is 11.8 Å². The van der Waals surface area contributed by atoms with Crippen LogP contribution in [-0.4, -0.2) is 52.0 Å². The Morgan fingerprint density at radius 2 is 1.67 bits per heavy atom. The quantitative estimate of drug-likeness (QED) is 0.717. The number of Topliss-reactive ketones (excluding diaryl/α,β-unsaturated/α-hetero) is 1. The maximum absolute atomic E-state index is 13.1. The minimum Gasteiger partial charge on any atom is -0.342 e. The number of ketones is 1. The highest BCUT2D eigenvalue weighted by Gasteiger charge is 2.35. The highest BCUT2D eigenvalue weighted by molar-refractivity contribution is 5.98. The monoisotopic (exact) mass is 405 g/mol. The van der Waals surface area contributed by atoms with Crippen LogP contribution in [0.3, 0.4) is 0 Å². The zero-order chi connectivity index (χ0) is 20.9. The molecule has 0 radical (unpaired) electrons. The van der Waals surface area contributed by atoms with Crippen molar-refractivity contribution >= 4 is 17.6 Å². The SMILES string of the molecule is O=C(c1ccccc1)C1CCN(C(=O)C2CCC(=O)N(Cc3ccccn3)C2)CC1. The molecular formula is C24H27N3O3. The minimum atomic E-state index is -0.173. The zero-order valence-electron chi connectivity index (χ0n) is 17.1. The molecule has 1 unspecified atom stereocenters. The summed E-state index contributed by atoms with van der Waals surface area (Å²) in [7, 11) is 0. The number of likely N-dealkylation sites (tertiary alicyclic amines) is 2. The minimum absolute atomic E-state index is 0.0231. The first-order valence-corrected chi connectivity index (χ1v) is 10.7. The van der Waals surface area contributed by atoms with Gasteiger partial charge < -0.3 is 9.80 Å². The van der Waals surface area contributed by atoms with Gasteiger partial charge in [0.15, 0.2) is 5.78 Å². The number of hydrogen-bond donors (Lipinski definition) is 0. The molecule has 2 aliphatic rings. The van der Waals surface area contributed by atoms with Crippen molar-refractivity contribution in [3.63, 3.8) is 0 Å². The van der Waals surface area contributed by atoms with Gasteiger partial charge >= 0.3 is 0 Å². The second-order valence-electron chi connectivity index (χ2n) is 8.16. The number of carbonyl (C=O) groups excluding carboxylic acids is 3. The lowest BCUT2D eigenvalue weighted by atomic mass is 9.88. The number of nitrogens with zero attached hydrogens (tertiary/aromatic N) is 3. The third-order valence-corrected chi connectivity index (χ3v) is 6.16. The molecule has 30 heavy (non-hydrogen) atoms. The van der Waals surface area contributed by atoms with Crippen LogP contribution >= 0.6 is 0 Å². The van der Waals surface area contributed by atoms with E-state index in [4.69, 9.17) is 0 Å². The molecule has 2 aromatic rings. The van der Waals surface area contributed by atoms with Crippen LogP contribution in [0.15, 0.2) is 54.7 Å². The molecule has 2 aliphatic heterocycles. The van der Waals surface area contributed by atoms with Crippen LogP contribution in [0.1, 0.15) is 41.7 Å². The van der Waals surface area contributed by atoms with Crippen LogP contribution in [-0.2, 0) is 16.1 Å². The first kappa shape index (κ1) is 20.3. The Labute approximate surface area is 176 Å². The average Bonchev–Trinajstić information content (AvgIpc) is 2.81. The first-order chi connectivity index (χ1) is 14.6. The number of benzene rings is 1. The number of hydrogen-bond acceptors (Lipinski definition) is 4. The van der Waals surface area contributed by atoms with Gasteiger partial charge in [0.25, 0.3) is 0 Å². The fourth-order valence-electron chi connectivity index (χ4n) is 4.41. The Morgan fingerprint density at radius 1 is 0.933 bits per heavy atom. The molecule has 2 saturated heterocycles. The summed E-state index contributed by atoms with van der Waals surface area (Å²) in [5, 5.41) is 0. The molecule has 2 fully saturated rings. The number of amides is 2. The second kappa shape index (κ2) is 9.20. The molecule has 4 rings (SSSR count). The molecule has 0 saturated carbocycles. The van der Waals surface area contributed by atoms with Crippen molar-refractivity contribution in [2.24, 2.45) is 11.8 Å². The van der Waals surface area contributed by atoms with E-state index in [1.807, 2.05) is 53.4 Å². The Kier molecular flexibility index (Phi) is 6.21. The molecule has 3 heterocycles. The molecule has 6 heteroatoms. The van der Waals surface area contributed by atoms with E-state index in [1.54, 1.807) is 11.1 Å². The van der Waals surface area contributed by atoms with E-state index in [0.717, 1.165) is 11.3 Å². The summed E-state index contributed by atoms with van der Waals surface area (Å²) in [4.78, 5) is 46.0. The van der Waals surface area contributed by atoms with E-state index in [9.17, 15) is 14.4 Å². The van der Waals surface area contributed by atoms with Crippen LogP contribution in [0.2, 0.25) is 0 Å². The van der Waals surface area contributed by atoms with Gasteiger partial charge in [0.1, 0.15) is 0 Å². The summed E-state index contributed by atoms with van der Waals surface area (Å²) in [6, 6.07) is 15.0. The van der Waals surface area contributed by atoms with Gasteiger partial charge in [-0.05, 0) is 31.4 Å². The van der Waals surface area contributed by atoms with Gasteiger partial charge in [-0.2, -0.15) is 0 Å². The normalized spacial score (nSPS) is 20.3. The Morgan fingerprint density at radius 3 is 2.37 bits per heavy atom.